The first-order chi connectivity index (χ1) is 9.27. The van der Waals surface area contributed by atoms with Crippen molar-refractivity contribution < 1.29 is 14.0 Å². The highest BCUT2D eigenvalue weighted by Crippen LogP contribution is 2.01. The number of nitrogens with one attached hydrogen (secondary N) is 2. The number of carbonyl (C=O) groups is 2. The molecule has 0 aliphatic carbocycles. The van der Waals surface area contributed by atoms with Crippen LogP contribution in [0.25, 0.3) is 0 Å². The average Bonchev–Trinajstić information content (AvgIpc) is 2.81. The standard InChI is InChI=1S/C13H19N3O3.ClH/c17-12(16-8-2-5-14-7-9-16)4-6-15-13(18)11-3-1-10-19-11;/h1,3,10,14H,2,4-9H2,(H,15,18);1H. The van der Waals surface area contributed by atoms with Crippen molar-refractivity contribution in [3.63, 3.8) is 0 Å². The van der Waals surface area contributed by atoms with Gasteiger partial charge in [0, 0.05) is 32.6 Å². The third-order valence-electron chi connectivity index (χ3n) is 3.06. The van der Waals surface area contributed by atoms with Crippen LogP contribution in [0, 0.1) is 0 Å². The maximum atomic E-state index is 11.9. The molecule has 2 rings (SSSR count). The maximum Gasteiger partial charge on any atom is 0.286 e. The molecule has 0 saturated carbocycles. The van der Waals surface area contributed by atoms with Gasteiger partial charge in [0.25, 0.3) is 5.91 Å². The zero-order valence-electron chi connectivity index (χ0n) is 11.3. The number of halogens is 1. The van der Waals surface area contributed by atoms with Crippen LogP contribution < -0.4 is 10.6 Å². The minimum Gasteiger partial charge on any atom is -0.459 e. The van der Waals surface area contributed by atoms with Crippen LogP contribution >= 0.6 is 12.4 Å². The van der Waals surface area contributed by atoms with Gasteiger partial charge in [-0.1, -0.05) is 0 Å². The SMILES string of the molecule is Cl.O=C(NCCC(=O)N1CCCNCC1)c1ccco1. The molecule has 1 aliphatic rings. The Bertz CT molecular complexity index is 415. The van der Waals surface area contributed by atoms with Crippen LogP contribution in [0.2, 0.25) is 0 Å². The summed E-state index contributed by atoms with van der Waals surface area (Å²) >= 11 is 0. The monoisotopic (exact) mass is 301 g/mol. The maximum absolute atomic E-state index is 11.9. The molecule has 0 radical (unpaired) electrons. The van der Waals surface area contributed by atoms with Crippen molar-refractivity contribution in [2.24, 2.45) is 0 Å². The normalized spacial score (nSPS) is 15.1. The van der Waals surface area contributed by atoms with Gasteiger partial charge in [0.2, 0.25) is 5.91 Å². The van der Waals surface area contributed by atoms with E-state index in [0.29, 0.717) is 13.0 Å². The third kappa shape index (κ3) is 4.86. The number of nitrogens with zero attached hydrogens (tertiary/aromatic N) is 1. The number of rotatable bonds is 4. The fraction of sp³-hybridized carbons (Fsp3) is 0.538. The highest BCUT2D eigenvalue weighted by atomic mass is 35.5. The summed E-state index contributed by atoms with van der Waals surface area (Å²) in [5.41, 5.74) is 0. The largest absolute Gasteiger partial charge is 0.459 e. The van der Waals surface area contributed by atoms with E-state index >= 15 is 0 Å². The summed E-state index contributed by atoms with van der Waals surface area (Å²) in [5, 5.41) is 5.92. The van der Waals surface area contributed by atoms with Crippen LogP contribution in [-0.2, 0) is 4.79 Å². The number of amides is 2. The van der Waals surface area contributed by atoms with Gasteiger partial charge < -0.3 is 20.0 Å². The van der Waals surface area contributed by atoms with Crippen molar-refractivity contribution in [1.82, 2.24) is 15.5 Å². The van der Waals surface area contributed by atoms with Gasteiger partial charge in [-0.15, -0.1) is 12.4 Å². The molecule has 0 aromatic carbocycles. The quantitative estimate of drug-likeness (QED) is 0.856. The first-order valence-corrected chi connectivity index (χ1v) is 6.57. The van der Waals surface area contributed by atoms with Crippen LogP contribution in [-0.4, -0.2) is 49.4 Å². The van der Waals surface area contributed by atoms with Gasteiger partial charge in [-0.3, -0.25) is 9.59 Å². The lowest BCUT2D eigenvalue weighted by Gasteiger charge is -2.19. The van der Waals surface area contributed by atoms with Crippen LogP contribution in [0.3, 0.4) is 0 Å². The Balaban J connectivity index is 0.00000200. The number of carbonyl (C=O) groups excluding carboxylic acids is 2. The van der Waals surface area contributed by atoms with E-state index in [-0.39, 0.29) is 30.0 Å². The second-order valence-corrected chi connectivity index (χ2v) is 4.47. The molecule has 1 aromatic heterocycles. The van der Waals surface area contributed by atoms with E-state index < -0.39 is 0 Å². The molecule has 2 N–H and O–H groups in total. The number of furan rings is 1. The lowest BCUT2D eigenvalue weighted by molar-refractivity contribution is -0.130. The van der Waals surface area contributed by atoms with Gasteiger partial charge in [0.15, 0.2) is 5.76 Å². The summed E-state index contributed by atoms with van der Waals surface area (Å²) in [6.07, 6.45) is 2.75. The van der Waals surface area contributed by atoms with Crippen LogP contribution in [0.15, 0.2) is 22.8 Å². The molecule has 1 aliphatic heterocycles. The first kappa shape index (κ1) is 16.5. The number of hydrogen-bond donors (Lipinski definition) is 2. The summed E-state index contributed by atoms with van der Waals surface area (Å²) in [6.45, 7) is 3.66. The topological polar surface area (TPSA) is 74.6 Å². The Morgan fingerprint density at radius 2 is 2.20 bits per heavy atom. The van der Waals surface area contributed by atoms with E-state index in [1.807, 2.05) is 4.90 Å². The molecule has 7 heteroatoms. The molecule has 6 nitrogen and oxygen atoms in total. The predicted molar refractivity (Wildman–Crippen MR) is 77.0 cm³/mol. The third-order valence-corrected chi connectivity index (χ3v) is 3.06. The summed E-state index contributed by atoms with van der Waals surface area (Å²) in [7, 11) is 0. The molecule has 2 heterocycles. The van der Waals surface area contributed by atoms with Crippen LogP contribution in [0.4, 0.5) is 0 Å². The van der Waals surface area contributed by atoms with Crippen molar-refractivity contribution >= 4 is 24.2 Å². The predicted octanol–water partition coefficient (Wildman–Crippen LogP) is 0.643. The number of hydrogen-bond acceptors (Lipinski definition) is 4. The van der Waals surface area contributed by atoms with E-state index in [9.17, 15) is 9.59 Å². The second-order valence-electron chi connectivity index (χ2n) is 4.47. The highest BCUT2D eigenvalue weighted by Gasteiger charge is 2.15. The van der Waals surface area contributed by atoms with Crippen molar-refractivity contribution in [2.75, 3.05) is 32.7 Å². The van der Waals surface area contributed by atoms with Gasteiger partial charge in [-0.05, 0) is 25.1 Å². The fourth-order valence-corrected chi connectivity index (χ4v) is 2.03. The zero-order valence-corrected chi connectivity index (χ0v) is 12.1. The lowest BCUT2D eigenvalue weighted by Crippen LogP contribution is -2.36. The van der Waals surface area contributed by atoms with Gasteiger partial charge >= 0.3 is 0 Å². The minimum absolute atomic E-state index is 0. The summed E-state index contributed by atoms with van der Waals surface area (Å²) < 4.78 is 4.97. The van der Waals surface area contributed by atoms with Crippen LogP contribution in [0.1, 0.15) is 23.4 Å². The summed E-state index contributed by atoms with van der Waals surface area (Å²) in [5.74, 6) is 0.0743. The Morgan fingerprint density at radius 3 is 2.95 bits per heavy atom. The molecular weight excluding hydrogens is 282 g/mol. The van der Waals surface area contributed by atoms with E-state index in [2.05, 4.69) is 10.6 Å². The van der Waals surface area contributed by atoms with Crippen molar-refractivity contribution in [3.05, 3.63) is 24.2 Å². The van der Waals surface area contributed by atoms with E-state index in [4.69, 9.17) is 4.42 Å². The molecule has 0 unspecified atom stereocenters. The first-order valence-electron chi connectivity index (χ1n) is 6.57. The lowest BCUT2D eigenvalue weighted by atomic mass is 10.3. The Kier molecular flexibility index (Phi) is 7.11. The molecule has 20 heavy (non-hydrogen) atoms. The molecule has 1 saturated heterocycles. The van der Waals surface area contributed by atoms with Gasteiger partial charge in [-0.2, -0.15) is 0 Å². The van der Waals surface area contributed by atoms with Gasteiger partial charge in [-0.25, -0.2) is 0 Å². The minimum atomic E-state index is -0.282. The highest BCUT2D eigenvalue weighted by molar-refractivity contribution is 5.91. The Hall–Kier alpha value is -1.53. The molecule has 0 atom stereocenters. The average molecular weight is 302 g/mol. The summed E-state index contributed by atoms with van der Waals surface area (Å²) in [4.78, 5) is 25.4. The Labute approximate surface area is 124 Å². The molecular formula is C13H20ClN3O3. The van der Waals surface area contributed by atoms with E-state index in [1.54, 1.807) is 12.1 Å². The molecule has 1 fully saturated rings. The fourth-order valence-electron chi connectivity index (χ4n) is 2.03. The molecule has 0 spiro atoms. The van der Waals surface area contributed by atoms with E-state index in [0.717, 1.165) is 32.6 Å². The van der Waals surface area contributed by atoms with Crippen molar-refractivity contribution in [3.8, 4) is 0 Å². The molecule has 2 amide bonds. The Morgan fingerprint density at radius 1 is 1.35 bits per heavy atom. The summed E-state index contributed by atoms with van der Waals surface area (Å²) in [6, 6.07) is 3.25. The second kappa shape index (κ2) is 8.60. The molecule has 0 bridgehead atoms. The van der Waals surface area contributed by atoms with Gasteiger partial charge in [0.1, 0.15) is 0 Å². The van der Waals surface area contributed by atoms with Gasteiger partial charge in [0.05, 0.1) is 6.26 Å². The smallest absolute Gasteiger partial charge is 0.286 e. The van der Waals surface area contributed by atoms with Crippen LogP contribution in [0.5, 0.6) is 0 Å². The van der Waals surface area contributed by atoms with Crippen molar-refractivity contribution in [2.45, 2.75) is 12.8 Å². The van der Waals surface area contributed by atoms with Crippen molar-refractivity contribution in [1.29, 1.82) is 0 Å². The molecule has 1 aromatic rings. The van der Waals surface area contributed by atoms with E-state index in [1.165, 1.54) is 6.26 Å². The molecule has 112 valence electrons. The zero-order chi connectivity index (χ0) is 13.5.